The van der Waals surface area contributed by atoms with Crippen LogP contribution in [-0.2, 0) is 5.54 Å². The van der Waals surface area contributed by atoms with Crippen LogP contribution >= 0.6 is 0 Å². The molecule has 0 saturated carbocycles. The van der Waals surface area contributed by atoms with E-state index in [-0.39, 0.29) is 11.4 Å². The summed E-state index contributed by atoms with van der Waals surface area (Å²) in [4.78, 5) is 9.08. The van der Waals surface area contributed by atoms with Crippen LogP contribution in [0, 0.1) is 17.1 Å². The van der Waals surface area contributed by atoms with E-state index < -0.39 is 11.4 Å². The fourth-order valence-electron chi connectivity index (χ4n) is 4.30. The predicted octanol–water partition coefficient (Wildman–Crippen LogP) is 5.28. The number of fused-ring (bicyclic) bond motifs is 1. The second kappa shape index (κ2) is 9.16. The van der Waals surface area contributed by atoms with Crippen molar-refractivity contribution >= 4 is 11.4 Å². The second-order valence-electron chi connectivity index (χ2n) is 7.70. The minimum Gasteiger partial charge on any atom is -0.481 e. The van der Waals surface area contributed by atoms with E-state index in [1.54, 1.807) is 24.4 Å². The van der Waals surface area contributed by atoms with Crippen LogP contribution in [0.5, 0.6) is 5.88 Å². The summed E-state index contributed by atoms with van der Waals surface area (Å²) < 4.78 is 20.3. The smallest absolute Gasteiger partial charge is 0.213 e. The third-order valence-corrected chi connectivity index (χ3v) is 5.89. The highest BCUT2D eigenvalue weighted by Gasteiger charge is 2.44. The van der Waals surface area contributed by atoms with Crippen LogP contribution in [0.15, 0.2) is 96.2 Å². The highest BCUT2D eigenvalue weighted by molar-refractivity contribution is 6.03. The average molecular weight is 451 g/mol. The molecule has 0 saturated heterocycles. The predicted molar refractivity (Wildman–Crippen MR) is 132 cm³/mol. The van der Waals surface area contributed by atoms with Crippen molar-refractivity contribution in [3.63, 3.8) is 0 Å². The zero-order valence-corrected chi connectivity index (χ0v) is 18.9. The van der Waals surface area contributed by atoms with Crippen LogP contribution in [0.4, 0.5) is 4.39 Å². The first kappa shape index (κ1) is 22.7. The van der Waals surface area contributed by atoms with Gasteiger partial charge in [-0.25, -0.2) is 14.4 Å². The van der Waals surface area contributed by atoms with Crippen LogP contribution in [0.1, 0.15) is 34.7 Å². The SMILES string of the molecule is C=C/C(C#N)=C\C(=C/C)c1cccc(C2(c3ccnc(OC)c3)N=C(N)c3c(F)cccc32)c1. The number of ether oxygens (including phenoxy) is 1. The van der Waals surface area contributed by atoms with Gasteiger partial charge in [0, 0.05) is 17.8 Å². The lowest BCUT2D eigenvalue weighted by molar-refractivity contribution is 0.396. The Hall–Kier alpha value is -4.50. The molecule has 4 rings (SSSR count). The van der Waals surface area contributed by atoms with Gasteiger partial charge < -0.3 is 10.5 Å². The minimum absolute atomic E-state index is 0.124. The Kier molecular flexibility index (Phi) is 6.11. The molecule has 1 aliphatic heterocycles. The Balaban J connectivity index is 2.02. The summed E-state index contributed by atoms with van der Waals surface area (Å²) in [6.45, 7) is 5.60. The maximum Gasteiger partial charge on any atom is 0.213 e. The van der Waals surface area contributed by atoms with Crippen LogP contribution in [-0.4, -0.2) is 17.9 Å². The number of pyridine rings is 1. The molecule has 5 nitrogen and oxygen atoms in total. The summed E-state index contributed by atoms with van der Waals surface area (Å²) in [6, 6.07) is 18.4. The molecule has 2 N–H and O–H groups in total. The summed E-state index contributed by atoms with van der Waals surface area (Å²) in [5, 5.41) is 9.35. The minimum atomic E-state index is -1.10. The normalized spacial score (nSPS) is 17.5. The molecule has 0 bridgehead atoms. The summed E-state index contributed by atoms with van der Waals surface area (Å²) in [5.74, 6) is 0.103. The molecule has 3 aromatic rings. The molecule has 0 fully saturated rings. The number of halogens is 1. The summed E-state index contributed by atoms with van der Waals surface area (Å²) in [5.41, 5.74) is 9.79. The number of aromatic nitrogens is 1. The van der Waals surface area contributed by atoms with E-state index in [0.29, 0.717) is 17.0 Å². The van der Waals surface area contributed by atoms with Gasteiger partial charge in [-0.2, -0.15) is 5.26 Å². The molecular formula is C28H23FN4O. The molecule has 0 amide bonds. The first-order valence-electron chi connectivity index (χ1n) is 10.6. The van der Waals surface area contributed by atoms with E-state index in [1.165, 1.54) is 19.3 Å². The van der Waals surface area contributed by atoms with Gasteiger partial charge in [-0.3, -0.25) is 0 Å². The maximum absolute atomic E-state index is 14.9. The topological polar surface area (TPSA) is 84.3 Å². The lowest BCUT2D eigenvalue weighted by Crippen LogP contribution is -2.26. The van der Waals surface area contributed by atoms with Crippen LogP contribution in [0.3, 0.4) is 0 Å². The first-order valence-corrected chi connectivity index (χ1v) is 10.6. The molecule has 0 radical (unpaired) electrons. The van der Waals surface area contributed by atoms with E-state index in [1.807, 2.05) is 49.4 Å². The molecule has 168 valence electrons. The van der Waals surface area contributed by atoms with Crippen molar-refractivity contribution in [2.45, 2.75) is 12.5 Å². The molecule has 1 atom stereocenters. The molecule has 0 spiro atoms. The zero-order valence-electron chi connectivity index (χ0n) is 18.9. The van der Waals surface area contributed by atoms with Crippen molar-refractivity contribution in [2.24, 2.45) is 10.7 Å². The number of hydrogen-bond donors (Lipinski definition) is 1. The Bertz CT molecular complexity index is 1410. The van der Waals surface area contributed by atoms with Crippen molar-refractivity contribution in [3.8, 4) is 11.9 Å². The van der Waals surface area contributed by atoms with Gasteiger partial charge in [0.05, 0.1) is 24.3 Å². The summed E-state index contributed by atoms with van der Waals surface area (Å²) in [7, 11) is 1.54. The van der Waals surface area contributed by atoms with Gasteiger partial charge in [-0.1, -0.05) is 49.1 Å². The van der Waals surface area contributed by atoms with Gasteiger partial charge in [-0.05, 0) is 53.5 Å². The lowest BCUT2D eigenvalue weighted by atomic mass is 9.77. The molecule has 1 aliphatic rings. The molecule has 2 heterocycles. The van der Waals surface area contributed by atoms with E-state index in [2.05, 4.69) is 17.6 Å². The number of nitriles is 1. The number of hydrogen-bond acceptors (Lipinski definition) is 5. The summed E-state index contributed by atoms with van der Waals surface area (Å²) >= 11 is 0. The molecule has 1 aromatic heterocycles. The highest BCUT2D eigenvalue weighted by Crippen LogP contribution is 2.47. The Labute approximate surface area is 198 Å². The standard InChI is InChI=1S/C28H23FN4O/c1-4-18(17-30)14-19(5-2)20-8-6-9-21(15-20)28(22-12-13-32-25(16-22)34-3)23-10-7-11-24(29)26(23)27(31)33-28/h4-16H,1H2,2-3H3,(H2,31,33)/b18-14+,19-5+. The zero-order chi connectivity index (χ0) is 24.3. The van der Waals surface area contributed by atoms with E-state index in [9.17, 15) is 9.65 Å². The van der Waals surface area contributed by atoms with Gasteiger partial charge in [0.2, 0.25) is 5.88 Å². The Morgan fingerprint density at radius 1 is 1.18 bits per heavy atom. The number of aliphatic imine (C=N–C) groups is 1. The van der Waals surface area contributed by atoms with Gasteiger partial charge in [-0.15, -0.1) is 0 Å². The van der Waals surface area contributed by atoms with Crippen molar-refractivity contribution < 1.29 is 9.13 Å². The average Bonchev–Trinajstić information content (AvgIpc) is 3.19. The van der Waals surface area contributed by atoms with E-state index >= 15 is 0 Å². The van der Waals surface area contributed by atoms with Crippen molar-refractivity contribution in [1.82, 2.24) is 4.98 Å². The third kappa shape index (κ3) is 3.67. The molecule has 0 aliphatic carbocycles. The number of allylic oxidation sites excluding steroid dienone is 5. The van der Waals surface area contributed by atoms with Crippen LogP contribution in [0.25, 0.3) is 5.57 Å². The van der Waals surface area contributed by atoms with Crippen LogP contribution in [0.2, 0.25) is 0 Å². The van der Waals surface area contributed by atoms with Crippen molar-refractivity contribution in [1.29, 1.82) is 5.26 Å². The van der Waals surface area contributed by atoms with Crippen molar-refractivity contribution in [3.05, 3.63) is 125 Å². The third-order valence-electron chi connectivity index (χ3n) is 5.89. The largest absolute Gasteiger partial charge is 0.481 e. The van der Waals surface area contributed by atoms with Gasteiger partial charge >= 0.3 is 0 Å². The van der Waals surface area contributed by atoms with Gasteiger partial charge in [0.1, 0.15) is 17.2 Å². The molecular weight excluding hydrogens is 427 g/mol. The quantitative estimate of drug-likeness (QED) is 0.409. The first-order chi connectivity index (χ1) is 16.5. The molecule has 1 unspecified atom stereocenters. The second-order valence-corrected chi connectivity index (χ2v) is 7.70. The number of amidine groups is 1. The monoisotopic (exact) mass is 450 g/mol. The molecule has 34 heavy (non-hydrogen) atoms. The number of nitrogens with two attached hydrogens (primary N) is 1. The van der Waals surface area contributed by atoms with Crippen LogP contribution < -0.4 is 10.5 Å². The fraction of sp³-hybridized carbons (Fsp3) is 0.107. The number of methoxy groups -OCH3 is 1. The molecule has 2 aromatic carbocycles. The Morgan fingerprint density at radius 2 is 1.94 bits per heavy atom. The summed E-state index contributed by atoms with van der Waals surface area (Å²) in [6.07, 6.45) is 6.83. The fourth-order valence-corrected chi connectivity index (χ4v) is 4.30. The van der Waals surface area contributed by atoms with E-state index in [4.69, 9.17) is 15.5 Å². The van der Waals surface area contributed by atoms with E-state index in [0.717, 1.165) is 22.3 Å². The lowest BCUT2D eigenvalue weighted by Gasteiger charge is -2.29. The maximum atomic E-state index is 14.9. The van der Waals surface area contributed by atoms with Gasteiger partial charge in [0.15, 0.2) is 0 Å². The highest BCUT2D eigenvalue weighted by atomic mass is 19.1. The number of benzene rings is 2. The number of rotatable bonds is 6. The van der Waals surface area contributed by atoms with Gasteiger partial charge in [0.25, 0.3) is 0 Å². The Morgan fingerprint density at radius 3 is 2.65 bits per heavy atom. The molecule has 6 heteroatoms. The van der Waals surface area contributed by atoms with Crippen molar-refractivity contribution in [2.75, 3.05) is 7.11 Å². The number of nitrogens with zero attached hydrogens (tertiary/aromatic N) is 3.